The number of rotatable bonds is 7. The number of nitrogens with zero attached hydrogens (tertiary/aromatic N) is 2. The van der Waals surface area contributed by atoms with Gasteiger partial charge in [0, 0.05) is 10.7 Å². The molecule has 0 aliphatic heterocycles. The molecule has 0 atom stereocenters. The van der Waals surface area contributed by atoms with Crippen molar-refractivity contribution in [3.8, 4) is 5.75 Å². The second-order valence-electron chi connectivity index (χ2n) is 7.41. The molecule has 9 heteroatoms. The van der Waals surface area contributed by atoms with E-state index >= 15 is 0 Å². The predicted octanol–water partition coefficient (Wildman–Crippen LogP) is 4.29. The van der Waals surface area contributed by atoms with Crippen molar-refractivity contribution >= 4 is 38.9 Å². The average Bonchev–Trinajstić information content (AvgIpc) is 2.77. The van der Waals surface area contributed by atoms with E-state index in [9.17, 15) is 13.2 Å². The molecule has 1 aliphatic carbocycles. The van der Waals surface area contributed by atoms with Gasteiger partial charge in [-0.1, -0.05) is 35.7 Å². The molecule has 0 heterocycles. The molecule has 0 spiro atoms. The van der Waals surface area contributed by atoms with Gasteiger partial charge in [-0.05, 0) is 62.9 Å². The van der Waals surface area contributed by atoms with E-state index in [2.05, 4.69) is 10.5 Å². The van der Waals surface area contributed by atoms with Gasteiger partial charge in [0.2, 0.25) is 0 Å². The zero-order valence-electron chi connectivity index (χ0n) is 17.6. The Morgan fingerprint density at radius 2 is 1.81 bits per heavy atom. The Morgan fingerprint density at radius 3 is 2.45 bits per heavy atom. The number of anilines is 1. The molecule has 1 saturated carbocycles. The van der Waals surface area contributed by atoms with Gasteiger partial charge < -0.3 is 4.74 Å². The fraction of sp³-hybridized carbons (Fsp3) is 0.364. The summed E-state index contributed by atoms with van der Waals surface area (Å²) in [5.74, 6) is -0.262. The first kappa shape index (κ1) is 23.1. The van der Waals surface area contributed by atoms with E-state index in [1.807, 2.05) is 6.92 Å². The first-order chi connectivity index (χ1) is 14.8. The number of methoxy groups -OCH3 is 1. The molecule has 0 unspecified atom stereocenters. The van der Waals surface area contributed by atoms with Crippen molar-refractivity contribution in [2.24, 2.45) is 5.10 Å². The Hall–Kier alpha value is -2.58. The number of hydrogen-bond donors (Lipinski definition) is 1. The van der Waals surface area contributed by atoms with Crippen LogP contribution in [0.1, 0.15) is 37.7 Å². The molecule has 2 aromatic rings. The Morgan fingerprint density at radius 1 is 1.13 bits per heavy atom. The van der Waals surface area contributed by atoms with Gasteiger partial charge in [-0.25, -0.2) is 13.8 Å². The number of carbonyl (C=O) groups excluding carboxylic acids is 1. The van der Waals surface area contributed by atoms with E-state index in [0.717, 1.165) is 47.7 Å². The van der Waals surface area contributed by atoms with Crippen molar-refractivity contribution in [3.05, 3.63) is 53.1 Å². The standard InChI is InChI=1S/C22H26ClN3O4S/c1-16-8-11-19(12-9-16)31(28,29)26(20-14-17(23)10-13-21(20)30-2)15-22(27)25-24-18-6-4-3-5-7-18/h8-14H,3-7,15H2,1-2H3,(H,25,27). The SMILES string of the molecule is COc1ccc(Cl)cc1N(CC(=O)NN=C1CCCCC1)S(=O)(=O)c1ccc(C)cc1. The lowest BCUT2D eigenvalue weighted by Gasteiger charge is -2.25. The van der Waals surface area contributed by atoms with E-state index in [4.69, 9.17) is 16.3 Å². The lowest BCUT2D eigenvalue weighted by molar-refractivity contribution is -0.119. The lowest BCUT2D eigenvalue weighted by atomic mass is 9.99. The maximum Gasteiger partial charge on any atom is 0.264 e. The molecule has 31 heavy (non-hydrogen) atoms. The fourth-order valence-corrected chi connectivity index (χ4v) is 4.96. The van der Waals surface area contributed by atoms with Crippen LogP contribution in [0.15, 0.2) is 52.5 Å². The molecule has 0 bridgehead atoms. The first-order valence-electron chi connectivity index (χ1n) is 10.1. The van der Waals surface area contributed by atoms with Gasteiger partial charge in [-0.2, -0.15) is 5.10 Å². The van der Waals surface area contributed by atoms with Crippen LogP contribution in [-0.4, -0.2) is 33.7 Å². The van der Waals surface area contributed by atoms with Crippen LogP contribution in [-0.2, 0) is 14.8 Å². The van der Waals surface area contributed by atoms with Crippen LogP contribution < -0.4 is 14.5 Å². The zero-order valence-corrected chi connectivity index (χ0v) is 19.2. The van der Waals surface area contributed by atoms with Crippen molar-refractivity contribution in [2.75, 3.05) is 18.0 Å². The smallest absolute Gasteiger partial charge is 0.264 e. The van der Waals surface area contributed by atoms with Gasteiger partial charge in [0.1, 0.15) is 12.3 Å². The summed E-state index contributed by atoms with van der Waals surface area (Å²) in [5, 5.41) is 4.52. The number of nitrogens with one attached hydrogen (secondary N) is 1. The molecule has 166 valence electrons. The maximum absolute atomic E-state index is 13.5. The third-order valence-electron chi connectivity index (χ3n) is 5.08. The van der Waals surface area contributed by atoms with Crippen LogP contribution >= 0.6 is 11.6 Å². The molecule has 3 rings (SSSR count). The summed E-state index contributed by atoms with van der Waals surface area (Å²) in [6, 6.07) is 11.0. The Balaban J connectivity index is 1.95. The van der Waals surface area contributed by atoms with Crippen LogP contribution in [0.2, 0.25) is 5.02 Å². The van der Waals surface area contributed by atoms with Gasteiger partial charge in [-0.3, -0.25) is 9.10 Å². The molecule has 2 aromatic carbocycles. The molecule has 0 saturated heterocycles. The highest BCUT2D eigenvalue weighted by Gasteiger charge is 2.29. The van der Waals surface area contributed by atoms with Crippen molar-refractivity contribution in [1.29, 1.82) is 0 Å². The predicted molar refractivity (Wildman–Crippen MR) is 122 cm³/mol. The van der Waals surface area contributed by atoms with Crippen molar-refractivity contribution in [1.82, 2.24) is 5.43 Å². The third-order valence-corrected chi connectivity index (χ3v) is 7.08. The number of carbonyl (C=O) groups is 1. The lowest BCUT2D eigenvalue weighted by Crippen LogP contribution is -2.40. The van der Waals surface area contributed by atoms with Crippen molar-refractivity contribution in [2.45, 2.75) is 43.9 Å². The molecule has 1 amide bonds. The summed E-state index contributed by atoms with van der Waals surface area (Å²) in [5.41, 5.74) is 4.53. The highest BCUT2D eigenvalue weighted by molar-refractivity contribution is 7.92. The summed E-state index contributed by atoms with van der Waals surface area (Å²) in [6.07, 6.45) is 4.93. The second-order valence-corrected chi connectivity index (χ2v) is 9.71. The number of halogens is 1. The highest BCUT2D eigenvalue weighted by Crippen LogP contribution is 2.34. The number of aryl methyl sites for hydroxylation is 1. The maximum atomic E-state index is 13.5. The minimum Gasteiger partial charge on any atom is -0.495 e. The van der Waals surface area contributed by atoms with Gasteiger partial charge >= 0.3 is 0 Å². The number of sulfonamides is 1. The largest absolute Gasteiger partial charge is 0.495 e. The summed E-state index contributed by atoms with van der Waals surface area (Å²) in [7, 11) is -2.64. The molecule has 1 aliphatic rings. The number of hydrogen-bond acceptors (Lipinski definition) is 5. The number of ether oxygens (including phenoxy) is 1. The van der Waals surface area contributed by atoms with Crippen LogP contribution in [0, 0.1) is 6.92 Å². The minimum absolute atomic E-state index is 0.0616. The van der Waals surface area contributed by atoms with E-state index < -0.39 is 22.5 Å². The molecule has 1 N–H and O–H groups in total. The topological polar surface area (TPSA) is 88.1 Å². The van der Waals surface area contributed by atoms with E-state index in [1.165, 1.54) is 25.3 Å². The van der Waals surface area contributed by atoms with E-state index in [-0.39, 0.29) is 16.3 Å². The minimum atomic E-state index is -4.07. The Bertz CT molecular complexity index is 1060. The number of amides is 1. The molecule has 0 aromatic heterocycles. The number of benzene rings is 2. The first-order valence-corrected chi connectivity index (χ1v) is 11.9. The van der Waals surface area contributed by atoms with Gasteiger partial charge in [0.05, 0.1) is 17.7 Å². The van der Waals surface area contributed by atoms with Crippen LogP contribution in [0.25, 0.3) is 0 Å². The summed E-state index contributed by atoms with van der Waals surface area (Å²) in [4.78, 5) is 12.7. The normalized spacial score (nSPS) is 14.1. The Labute approximate surface area is 188 Å². The summed E-state index contributed by atoms with van der Waals surface area (Å²) < 4.78 is 33.3. The zero-order chi connectivity index (χ0) is 22.4. The van der Waals surface area contributed by atoms with E-state index in [1.54, 1.807) is 24.3 Å². The van der Waals surface area contributed by atoms with Crippen LogP contribution in [0.3, 0.4) is 0 Å². The molecule has 1 fully saturated rings. The molecule has 7 nitrogen and oxygen atoms in total. The summed E-state index contributed by atoms with van der Waals surface area (Å²) >= 11 is 6.13. The monoisotopic (exact) mass is 463 g/mol. The second kappa shape index (κ2) is 10.2. The number of hydrazone groups is 1. The molecular formula is C22H26ClN3O4S. The van der Waals surface area contributed by atoms with E-state index in [0.29, 0.717) is 5.02 Å². The van der Waals surface area contributed by atoms with Crippen LogP contribution in [0.4, 0.5) is 5.69 Å². The fourth-order valence-electron chi connectivity index (χ4n) is 3.37. The third kappa shape index (κ3) is 5.77. The van der Waals surface area contributed by atoms with Gasteiger partial charge in [0.25, 0.3) is 15.9 Å². The average molecular weight is 464 g/mol. The van der Waals surface area contributed by atoms with Crippen molar-refractivity contribution in [3.63, 3.8) is 0 Å². The van der Waals surface area contributed by atoms with Gasteiger partial charge in [0.15, 0.2) is 0 Å². The summed E-state index contributed by atoms with van der Waals surface area (Å²) in [6.45, 7) is 1.40. The highest BCUT2D eigenvalue weighted by atomic mass is 35.5. The van der Waals surface area contributed by atoms with Gasteiger partial charge in [-0.15, -0.1) is 0 Å². The molecule has 0 radical (unpaired) electrons. The van der Waals surface area contributed by atoms with Crippen LogP contribution in [0.5, 0.6) is 5.75 Å². The molecular weight excluding hydrogens is 438 g/mol. The Kier molecular flexibility index (Phi) is 7.56. The quantitative estimate of drug-likeness (QED) is 0.620. The van der Waals surface area contributed by atoms with Crippen molar-refractivity contribution < 1.29 is 17.9 Å².